The Kier molecular flexibility index (Phi) is 4.81. The summed E-state index contributed by atoms with van der Waals surface area (Å²) in [5, 5.41) is 2.32. The van der Waals surface area contributed by atoms with Crippen molar-refractivity contribution in [3.05, 3.63) is 12.2 Å². The first kappa shape index (κ1) is 9.68. The van der Waals surface area contributed by atoms with Gasteiger partial charge in [-0.3, -0.25) is 4.79 Å². The summed E-state index contributed by atoms with van der Waals surface area (Å²) in [7, 11) is 1.48. The van der Waals surface area contributed by atoms with Crippen molar-refractivity contribution in [2.24, 2.45) is 0 Å². The molecule has 0 aliphatic heterocycles. The third-order valence-corrected chi connectivity index (χ3v) is 0.927. The lowest BCUT2D eigenvalue weighted by atomic mass is 10.5. The summed E-state index contributed by atoms with van der Waals surface area (Å²) >= 11 is 0. The van der Waals surface area contributed by atoms with Crippen LogP contribution in [0.2, 0.25) is 0 Å². The molecule has 0 rings (SSSR count). The zero-order chi connectivity index (χ0) is 8.69. The first-order valence-corrected chi connectivity index (χ1v) is 3.20. The molecule has 11 heavy (non-hydrogen) atoms. The Morgan fingerprint density at radius 3 is 2.64 bits per heavy atom. The summed E-state index contributed by atoms with van der Waals surface area (Å²) in [6.45, 7) is 1.47. The normalized spacial score (nSPS) is 9.64. The number of hydrogen-bond acceptors (Lipinski definition) is 3. The number of likely N-dealkylation sites (N-methyl/N-ethyl adjacent to an activating group) is 1. The third-order valence-electron chi connectivity index (χ3n) is 0.927. The molecule has 0 fully saturated rings. The number of amides is 1. The van der Waals surface area contributed by atoms with Crippen LogP contribution in [-0.4, -0.2) is 25.5 Å². The SMILES string of the molecule is C/C=C/C(=O)OCC(=O)NC. The van der Waals surface area contributed by atoms with E-state index in [4.69, 9.17) is 0 Å². The van der Waals surface area contributed by atoms with Gasteiger partial charge >= 0.3 is 5.97 Å². The van der Waals surface area contributed by atoms with Crippen LogP contribution >= 0.6 is 0 Å². The Morgan fingerprint density at radius 1 is 1.55 bits per heavy atom. The van der Waals surface area contributed by atoms with Gasteiger partial charge in [0.1, 0.15) is 0 Å². The average Bonchev–Trinajstić information content (AvgIpc) is 2.01. The number of carbonyl (C=O) groups is 2. The van der Waals surface area contributed by atoms with E-state index in [1.807, 2.05) is 0 Å². The summed E-state index contributed by atoms with van der Waals surface area (Å²) in [5.41, 5.74) is 0. The first-order valence-electron chi connectivity index (χ1n) is 3.20. The van der Waals surface area contributed by atoms with Crippen molar-refractivity contribution >= 4 is 11.9 Å². The van der Waals surface area contributed by atoms with Crippen LogP contribution in [0.4, 0.5) is 0 Å². The molecule has 4 heteroatoms. The maximum Gasteiger partial charge on any atom is 0.330 e. The van der Waals surface area contributed by atoms with Gasteiger partial charge in [-0.15, -0.1) is 0 Å². The molecule has 0 heterocycles. The van der Waals surface area contributed by atoms with Gasteiger partial charge in [0.15, 0.2) is 6.61 Å². The largest absolute Gasteiger partial charge is 0.452 e. The van der Waals surface area contributed by atoms with Gasteiger partial charge in [0, 0.05) is 13.1 Å². The highest BCUT2D eigenvalue weighted by molar-refractivity contribution is 5.85. The predicted octanol–water partition coefficient (Wildman–Crippen LogP) is -0.148. The van der Waals surface area contributed by atoms with Crippen LogP contribution in [0, 0.1) is 0 Å². The summed E-state index contributed by atoms with van der Waals surface area (Å²) in [6, 6.07) is 0. The van der Waals surface area contributed by atoms with Crippen LogP contribution in [0.25, 0.3) is 0 Å². The fourth-order valence-corrected chi connectivity index (χ4v) is 0.393. The highest BCUT2D eigenvalue weighted by Crippen LogP contribution is 1.80. The van der Waals surface area contributed by atoms with Crippen LogP contribution in [0.15, 0.2) is 12.2 Å². The van der Waals surface area contributed by atoms with Crippen molar-refractivity contribution in [3.63, 3.8) is 0 Å². The van der Waals surface area contributed by atoms with E-state index in [-0.39, 0.29) is 12.5 Å². The van der Waals surface area contributed by atoms with Gasteiger partial charge < -0.3 is 10.1 Å². The Bertz CT molecular complexity index is 175. The maximum atomic E-state index is 10.6. The monoisotopic (exact) mass is 157 g/mol. The van der Waals surface area contributed by atoms with E-state index < -0.39 is 5.97 Å². The number of allylic oxidation sites excluding steroid dienone is 1. The van der Waals surface area contributed by atoms with Gasteiger partial charge in [-0.25, -0.2) is 4.79 Å². The van der Waals surface area contributed by atoms with Gasteiger partial charge in [-0.2, -0.15) is 0 Å². The predicted molar refractivity (Wildman–Crippen MR) is 39.8 cm³/mol. The molecular formula is C7H11NO3. The van der Waals surface area contributed by atoms with E-state index >= 15 is 0 Å². The van der Waals surface area contributed by atoms with Crippen LogP contribution < -0.4 is 5.32 Å². The second-order valence-electron chi connectivity index (χ2n) is 1.78. The molecule has 0 aromatic carbocycles. The van der Waals surface area contributed by atoms with E-state index in [9.17, 15) is 9.59 Å². The topological polar surface area (TPSA) is 55.4 Å². The molecule has 0 saturated heterocycles. The summed E-state index contributed by atoms with van der Waals surface area (Å²) in [5.74, 6) is -0.820. The summed E-state index contributed by atoms with van der Waals surface area (Å²) < 4.78 is 4.50. The van der Waals surface area contributed by atoms with Crippen LogP contribution in [0.1, 0.15) is 6.92 Å². The second-order valence-corrected chi connectivity index (χ2v) is 1.78. The minimum atomic E-state index is -0.504. The molecule has 4 nitrogen and oxygen atoms in total. The molecule has 0 unspecified atom stereocenters. The molecule has 0 atom stereocenters. The lowest BCUT2D eigenvalue weighted by Crippen LogP contribution is -2.24. The number of esters is 1. The molecule has 0 aromatic rings. The van der Waals surface area contributed by atoms with Crippen LogP contribution in [0.5, 0.6) is 0 Å². The number of rotatable bonds is 3. The zero-order valence-electron chi connectivity index (χ0n) is 6.59. The van der Waals surface area contributed by atoms with Crippen molar-refractivity contribution < 1.29 is 14.3 Å². The lowest BCUT2D eigenvalue weighted by Gasteiger charge is -1.98. The van der Waals surface area contributed by atoms with E-state index in [1.165, 1.54) is 13.1 Å². The standard InChI is InChI=1S/C7H11NO3/c1-3-4-7(10)11-5-6(9)8-2/h3-4H,5H2,1-2H3,(H,8,9)/b4-3+. The van der Waals surface area contributed by atoms with Gasteiger partial charge in [0.2, 0.25) is 0 Å². The van der Waals surface area contributed by atoms with E-state index in [0.717, 1.165) is 0 Å². The second kappa shape index (κ2) is 5.46. The van der Waals surface area contributed by atoms with Crippen molar-refractivity contribution in [1.29, 1.82) is 0 Å². The molecule has 0 spiro atoms. The fourth-order valence-electron chi connectivity index (χ4n) is 0.393. The summed E-state index contributed by atoms with van der Waals surface area (Å²) in [6.07, 6.45) is 2.80. The molecule has 0 bridgehead atoms. The lowest BCUT2D eigenvalue weighted by molar-refractivity contribution is -0.143. The van der Waals surface area contributed by atoms with Gasteiger partial charge in [0.05, 0.1) is 0 Å². The fraction of sp³-hybridized carbons (Fsp3) is 0.429. The Hall–Kier alpha value is -1.32. The average molecular weight is 157 g/mol. The molecule has 62 valence electrons. The first-order chi connectivity index (χ1) is 5.20. The smallest absolute Gasteiger partial charge is 0.330 e. The molecule has 0 aliphatic carbocycles. The molecule has 0 aromatic heterocycles. The van der Waals surface area contributed by atoms with Gasteiger partial charge in [-0.1, -0.05) is 6.08 Å². The minimum absolute atomic E-state index is 0.223. The highest BCUT2D eigenvalue weighted by atomic mass is 16.5. The summed E-state index contributed by atoms with van der Waals surface area (Å²) in [4.78, 5) is 21.1. The van der Waals surface area contributed by atoms with Crippen LogP contribution in [0.3, 0.4) is 0 Å². The Balaban J connectivity index is 3.54. The van der Waals surface area contributed by atoms with Crippen molar-refractivity contribution in [3.8, 4) is 0 Å². The van der Waals surface area contributed by atoms with Crippen molar-refractivity contribution in [2.45, 2.75) is 6.92 Å². The molecule has 1 amide bonds. The molecule has 0 aliphatic rings. The van der Waals surface area contributed by atoms with Crippen molar-refractivity contribution in [1.82, 2.24) is 5.32 Å². The number of ether oxygens (including phenoxy) is 1. The zero-order valence-corrected chi connectivity index (χ0v) is 6.59. The number of nitrogens with one attached hydrogen (secondary N) is 1. The number of hydrogen-bond donors (Lipinski definition) is 1. The van der Waals surface area contributed by atoms with E-state index in [1.54, 1.807) is 13.0 Å². The molecule has 0 radical (unpaired) electrons. The van der Waals surface area contributed by atoms with E-state index in [0.29, 0.717) is 0 Å². The maximum absolute atomic E-state index is 10.6. The van der Waals surface area contributed by atoms with Crippen molar-refractivity contribution in [2.75, 3.05) is 13.7 Å². The minimum Gasteiger partial charge on any atom is -0.452 e. The molecule has 1 N–H and O–H groups in total. The van der Waals surface area contributed by atoms with Gasteiger partial charge in [-0.05, 0) is 6.92 Å². The van der Waals surface area contributed by atoms with Gasteiger partial charge in [0.25, 0.3) is 5.91 Å². The molecule has 0 saturated carbocycles. The van der Waals surface area contributed by atoms with E-state index in [2.05, 4.69) is 10.1 Å². The quantitative estimate of drug-likeness (QED) is 0.458. The number of carbonyl (C=O) groups excluding carboxylic acids is 2. The Morgan fingerprint density at radius 2 is 2.18 bits per heavy atom. The third kappa shape index (κ3) is 5.14. The molecular weight excluding hydrogens is 146 g/mol. The van der Waals surface area contributed by atoms with Crippen LogP contribution in [-0.2, 0) is 14.3 Å². The Labute approximate surface area is 65.2 Å². The highest BCUT2D eigenvalue weighted by Gasteiger charge is 2.00.